The first-order valence-electron chi connectivity index (χ1n) is 4.25. The Balaban J connectivity index is 2.96. The van der Waals surface area contributed by atoms with Crippen LogP contribution in [0.5, 0.6) is 5.88 Å². The van der Waals surface area contributed by atoms with Crippen molar-refractivity contribution < 1.29 is 13.9 Å². The minimum atomic E-state index is -0.518. The Morgan fingerprint density at radius 3 is 2.86 bits per heavy atom. The van der Waals surface area contributed by atoms with E-state index in [9.17, 15) is 4.39 Å². The topological polar surface area (TPSA) is 57.4 Å². The van der Waals surface area contributed by atoms with Crippen LogP contribution in [0.15, 0.2) is 6.07 Å². The largest absolute Gasteiger partial charge is 0.479 e. The molecule has 4 nitrogen and oxygen atoms in total. The molecule has 0 spiro atoms. The van der Waals surface area contributed by atoms with E-state index in [-0.39, 0.29) is 18.3 Å². The van der Waals surface area contributed by atoms with Crippen molar-refractivity contribution in [1.29, 1.82) is 0 Å². The molecule has 0 bridgehead atoms. The maximum atomic E-state index is 13.5. The van der Waals surface area contributed by atoms with Gasteiger partial charge in [0.1, 0.15) is 5.82 Å². The third kappa shape index (κ3) is 2.32. The molecule has 0 aliphatic carbocycles. The molecule has 2 N–H and O–H groups in total. The molecule has 0 aromatic carbocycles. The molecule has 0 radical (unpaired) electrons. The zero-order valence-corrected chi connectivity index (χ0v) is 8.21. The molecular weight excluding hydrogens is 187 g/mol. The molecule has 5 heteroatoms. The number of anilines is 1. The summed E-state index contributed by atoms with van der Waals surface area (Å²) in [4.78, 5) is 3.68. The third-order valence-electron chi connectivity index (χ3n) is 1.68. The van der Waals surface area contributed by atoms with Crippen molar-refractivity contribution in [2.75, 3.05) is 19.5 Å². The Hall–Kier alpha value is -1.36. The number of hydrogen-bond acceptors (Lipinski definition) is 4. The number of methoxy groups -OCH3 is 1. The van der Waals surface area contributed by atoms with Crippen LogP contribution in [0.4, 0.5) is 10.2 Å². The van der Waals surface area contributed by atoms with Crippen molar-refractivity contribution in [3.63, 3.8) is 0 Å². The van der Waals surface area contributed by atoms with Crippen LogP contribution in [0.3, 0.4) is 0 Å². The average Bonchev–Trinajstić information content (AvgIpc) is 2.18. The number of ether oxygens (including phenoxy) is 2. The highest BCUT2D eigenvalue weighted by Gasteiger charge is 2.11. The van der Waals surface area contributed by atoms with E-state index in [0.717, 1.165) is 0 Å². The lowest BCUT2D eigenvalue weighted by molar-refractivity contribution is 0.131. The van der Waals surface area contributed by atoms with E-state index in [1.54, 1.807) is 0 Å². The van der Waals surface area contributed by atoms with Gasteiger partial charge >= 0.3 is 0 Å². The van der Waals surface area contributed by atoms with Gasteiger partial charge in [-0.1, -0.05) is 0 Å². The molecule has 0 unspecified atom stereocenters. The van der Waals surface area contributed by atoms with Crippen molar-refractivity contribution in [1.82, 2.24) is 4.98 Å². The minimum Gasteiger partial charge on any atom is -0.479 e. The first-order chi connectivity index (χ1) is 6.69. The van der Waals surface area contributed by atoms with E-state index in [1.165, 1.54) is 13.2 Å². The fourth-order valence-electron chi connectivity index (χ4n) is 1.03. The first kappa shape index (κ1) is 10.7. The van der Waals surface area contributed by atoms with E-state index in [4.69, 9.17) is 15.2 Å². The van der Waals surface area contributed by atoms with Gasteiger partial charge in [-0.15, -0.1) is 0 Å². The summed E-state index contributed by atoms with van der Waals surface area (Å²) in [6, 6.07) is 1.44. The van der Waals surface area contributed by atoms with E-state index < -0.39 is 5.82 Å². The highest BCUT2D eigenvalue weighted by atomic mass is 19.1. The Morgan fingerprint density at radius 1 is 1.57 bits per heavy atom. The fraction of sp³-hybridized carbons (Fsp3) is 0.444. The molecule has 1 aromatic rings. The summed E-state index contributed by atoms with van der Waals surface area (Å²) in [5, 5.41) is 0. The van der Waals surface area contributed by atoms with Crippen LogP contribution in [-0.2, 0) is 11.3 Å². The molecule has 0 amide bonds. The number of nitrogens with zero attached hydrogens (tertiary/aromatic N) is 1. The summed E-state index contributed by atoms with van der Waals surface area (Å²) >= 11 is 0. The zero-order valence-electron chi connectivity index (χ0n) is 8.21. The van der Waals surface area contributed by atoms with E-state index in [1.807, 2.05) is 6.92 Å². The van der Waals surface area contributed by atoms with Crippen molar-refractivity contribution in [2.24, 2.45) is 0 Å². The van der Waals surface area contributed by atoms with E-state index >= 15 is 0 Å². The monoisotopic (exact) mass is 200 g/mol. The predicted octanol–water partition coefficient (Wildman–Crippen LogP) is 1.35. The predicted molar refractivity (Wildman–Crippen MR) is 50.5 cm³/mol. The van der Waals surface area contributed by atoms with Gasteiger partial charge in [-0.25, -0.2) is 4.39 Å². The molecule has 0 aliphatic rings. The average molecular weight is 200 g/mol. The lowest BCUT2D eigenvalue weighted by Crippen LogP contribution is -2.03. The maximum Gasteiger partial charge on any atom is 0.252 e. The molecule has 1 rings (SSSR count). The molecule has 0 saturated heterocycles. The molecule has 1 heterocycles. The Kier molecular flexibility index (Phi) is 3.64. The summed E-state index contributed by atoms with van der Waals surface area (Å²) in [6.07, 6.45) is 0. The van der Waals surface area contributed by atoms with Gasteiger partial charge in [-0.2, -0.15) is 4.98 Å². The van der Waals surface area contributed by atoms with Crippen molar-refractivity contribution in [3.05, 3.63) is 17.4 Å². The summed E-state index contributed by atoms with van der Waals surface area (Å²) < 4.78 is 23.3. The second-order valence-corrected chi connectivity index (χ2v) is 2.67. The fourth-order valence-corrected chi connectivity index (χ4v) is 1.03. The number of hydrogen-bond donors (Lipinski definition) is 1. The minimum absolute atomic E-state index is 0.0975. The molecular formula is C9H13FN2O2. The van der Waals surface area contributed by atoms with Gasteiger partial charge in [0.15, 0.2) is 5.82 Å². The molecule has 0 atom stereocenters. The number of pyridine rings is 1. The van der Waals surface area contributed by atoms with Crippen LogP contribution in [-0.4, -0.2) is 18.7 Å². The number of halogens is 1. The molecule has 0 fully saturated rings. The molecule has 78 valence electrons. The lowest BCUT2D eigenvalue weighted by atomic mass is 10.2. The van der Waals surface area contributed by atoms with Crippen LogP contribution in [0.2, 0.25) is 0 Å². The number of rotatable bonds is 4. The lowest BCUT2D eigenvalue weighted by Gasteiger charge is -2.07. The summed E-state index contributed by atoms with van der Waals surface area (Å²) in [6.45, 7) is 2.52. The normalized spacial score (nSPS) is 10.2. The highest BCUT2D eigenvalue weighted by Crippen LogP contribution is 2.20. The Morgan fingerprint density at radius 2 is 2.29 bits per heavy atom. The van der Waals surface area contributed by atoms with Gasteiger partial charge < -0.3 is 15.2 Å². The SMILES string of the molecule is CCOCc1cc(N)nc(OC)c1F. The van der Waals surface area contributed by atoms with Crippen LogP contribution in [0.25, 0.3) is 0 Å². The van der Waals surface area contributed by atoms with Crippen LogP contribution in [0, 0.1) is 5.82 Å². The summed E-state index contributed by atoms with van der Waals surface area (Å²) in [7, 11) is 1.34. The number of aromatic nitrogens is 1. The van der Waals surface area contributed by atoms with Crippen molar-refractivity contribution >= 4 is 5.82 Å². The zero-order chi connectivity index (χ0) is 10.6. The van der Waals surface area contributed by atoms with Crippen molar-refractivity contribution in [3.8, 4) is 5.88 Å². The van der Waals surface area contributed by atoms with Gasteiger partial charge in [-0.3, -0.25) is 0 Å². The van der Waals surface area contributed by atoms with Crippen molar-refractivity contribution in [2.45, 2.75) is 13.5 Å². The Bertz CT molecular complexity index is 318. The van der Waals surface area contributed by atoms with E-state index in [0.29, 0.717) is 12.2 Å². The van der Waals surface area contributed by atoms with E-state index in [2.05, 4.69) is 4.98 Å². The molecule has 14 heavy (non-hydrogen) atoms. The molecule has 1 aromatic heterocycles. The summed E-state index contributed by atoms with van der Waals surface area (Å²) in [5.74, 6) is -0.396. The Labute approximate surface area is 81.8 Å². The van der Waals surface area contributed by atoms with Gasteiger partial charge in [0.05, 0.1) is 13.7 Å². The third-order valence-corrected chi connectivity index (χ3v) is 1.68. The highest BCUT2D eigenvalue weighted by molar-refractivity contribution is 5.38. The van der Waals surface area contributed by atoms with Gasteiger partial charge in [-0.05, 0) is 13.0 Å². The molecule has 0 saturated carbocycles. The number of nitrogens with two attached hydrogens (primary N) is 1. The van der Waals surface area contributed by atoms with Crippen LogP contribution >= 0.6 is 0 Å². The number of nitrogen functional groups attached to an aromatic ring is 1. The maximum absolute atomic E-state index is 13.5. The second-order valence-electron chi connectivity index (χ2n) is 2.67. The van der Waals surface area contributed by atoms with Crippen LogP contribution in [0.1, 0.15) is 12.5 Å². The van der Waals surface area contributed by atoms with Crippen LogP contribution < -0.4 is 10.5 Å². The second kappa shape index (κ2) is 4.76. The smallest absolute Gasteiger partial charge is 0.252 e. The van der Waals surface area contributed by atoms with Gasteiger partial charge in [0, 0.05) is 12.2 Å². The van der Waals surface area contributed by atoms with Gasteiger partial charge in [0.2, 0.25) is 0 Å². The first-order valence-corrected chi connectivity index (χ1v) is 4.25. The quantitative estimate of drug-likeness (QED) is 0.797. The van der Waals surface area contributed by atoms with Gasteiger partial charge in [0.25, 0.3) is 5.88 Å². The standard InChI is InChI=1S/C9H13FN2O2/c1-3-14-5-6-4-7(11)12-9(13-2)8(6)10/h4H,3,5H2,1-2H3,(H2,11,12). The summed E-state index contributed by atoms with van der Waals surface area (Å²) in [5.41, 5.74) is 5.82. The molecule has 0 aliphatic heterocycles.